The fourth-order valence-electron chi connectivity index (χ4n) is 5.85. The first kappa shape index (κ1) is 30.5. The van der Waals surface area contributed by atoms with E-state index in [4.69, 9.17) is 0 Å². The number of halogens is 10. The van der Waals surface area contributed by atoms with Crippen molar-refractivity contribution < 1.29 is 48.9 Å². The van der Waals surface area contributed by atoms with Crippen LogP contribution in [-0.4, -0.2) is 29.0 Å². The summed E-state index contributed by atoms with van der Waals surface area (Å²) in [6.07, 6.45) is 7.43. The molecule has 47 heavy (non-hydrogen) atoms. The van der Waals surface area contributed by atoms with Crippen LogP contribution in [-0.2, 0) is 0 Å². The van der Waals surface area contributed by atoms with Gasteiger partial charge in [0.15, 0.2) is 34.9 Å². The van der Waals surface area contributed by atoms with Crippen molar-refractivity contribution in [1.82, 2.24) is 0 Å². The summed E-state index contributed by atoms with van der Waals surface area (Å²) in [7, 11) is 0. The van der Waals surface area contributed by atoms with Crippen LogP contribution in [0.25, 0.3) is 5.57 Å². The maximum Gasteiger partial charge on any atom is 0.214 e. The van der Waals surface area contributed by atoms with Gasteiger partial charge in [-0.2, -0.15) is 0 Å². The molecule has 238 valence electrons. The topological polar surface area (TPSA) is 51.0 Å². The molecular weight excluding hydrogens is 642 g/mol. The van der Waals surface area contributed by atoms with Crippen LogP contribution in [0.5, 0.6) is 0 Å². The van der Waals surface area contributed by atoms with Crippen LogP contribution in [0, 0.1) is 40.4 Å². The number of fused-ring (bicyclic) bond motifs is 4. The molecule has 8 bridgehead atoms. The van der Waals surface area contributed by atoms with E-state index in [1.807, 2.05) is 0 Å². The van der Waals surface area contributed by atoms with Crippen molar-refractivity contribution in [3.05, 3.63) is 135 Å². The Morgan fingerprint density at radius 2 is 1.09 bits per heavy atom. The quantitative estimate of drug-likeness (QED) is 0.202. The molecule has 0 spiro atoms. The monoisotopic (exact) mass is 659 g/mol. The zero-order valence-electron chi connectivity index (χ0n) is 23.9. The summed E-state index contributed by atoms with van der Waals surface area (Å²) in [5.74, 6) is -22.3. The van der Waals surface area contributed by atoms with Gasteiger partial charge < -0.3 is 0 Å². The maximum atomic E-state index is 15.4. The maximum absolute atomic E-state index is 15.4. The Hall–Kier alpha value is -5.14. The van der Waals surface area contributed by atoms with E-state index in [2.05, 4.69) is 20.0 Å². The van der Waals surface area contributed by atoms with E-state index < -0.39 is 86.6 Å². The highest BCUT2D eigenvalue weighted by Crippen LogP contribution is 2.45. The SMILES string of the molecule is CC1(C)C2=NC(=C3C=CC(=N3)C(c3c(F)c(F)c(F)c(F)c3F)=C3C=CC(=[NH+]3)C(C3C(F)=C(F)C(F)C(F)=C3F)=C3C=CC1=N3)C=C2. The van der Waals surface area contributed by atoms with E-state index >= 15 is 17.6 Å². The number of allylic oxidation sites excluding steroid dienone is 14. The Kier molecular flexibility index (Phi) is 6.78. The molecule has 0 radical (unpaired) electrons. The lowest BCUT2D eigenvalue weighted by molar-refractivity contribution is -0.384. The molecule has 1 aliphatic carbocycles. The summed E-state index contributed by atoms with van der Waals surface area (Å²) < 4.78 is 148. The minimum Gasteiger partial charge on any atom is -0.252 e. The summed E-state index contributed by atoms with van der Waals surface area (Å²) in [5, 5.41) is 0. The summed E-state index contributed by atoms with van der Waals surface area (Å²) in [6, 6.07) is 0. The molecule has 5 aliphatic heterocycles. The lowest BCUT2D eigenvalue weighted by Crippen LogP contribution is -2.69. The molecule has 1 aromatic carbocycles. The molecule has 7 rings (SSSR count). The van der Waals surface area contributed by atoms with Crippen molar-refractivity contribution in [2.75, 3.05) is 0 Å². The van der Waals surface area contributed by atoms with E-state index in [1.54, 1.807) is 26.0 Å². The molecule has 1 N–H and O–H groups in total. The molecule has 6 aliphatic rings. The first-order valence-corrected chi connectivity index (χ1v) is 13.8. The average molecular weight is 660 g/mol. The molecule has 5 heterocycles. The Balaban J connectivity index is 1.59. The predicted octanol–water partition coefficient (Wildman–Crippen LogP) is 6.99. The van der Waals surface area contributed by atoms with Crippen molar-refractivity contribution in [2.24, 2.45) is 26.3 Å². The summed E-state index contributed by atoms with van der Waals surface area (Å²) >= 11 is 0. The third-order valence-electron chi connectivity index (χ3n) is 8.40. The molecule has 0 atom stereocenters. The highest BCUT2D eigenvalue weighted by Gasteiger charge is 2.46. The minimum atomic E-state index is -3.33. The van der Waals surface area contributed by atoms with Gasteiger partial charge in [0.25, 0.3) is 0 Å². The van der Waals surface area contributed by atoms with Gasteiger partial charge in [-0.25, -0.2) is 53.9 Å². The van der Waals surface area contributed by atoms with E-state index in [9.17, 15) is 26.3 Å². The zero-order chi connectivity index (χ0) is 33.7. The number of nitrogens with one attached hydrogen (secondary N) is 1. The second-order valence-corrected chi connectivity index (χ2v) is 11.5. The molecule has 1 aromatic rings. The first-order valence-electron chi connectivity index (χ1n) is 13.8. The lowest BCUT2D eigenvalue weighted by atomic mass is 9.82. The predicted molar refractivity (Wildman–Crippen MR) is 153 cm³/mol. The lowest BCUT2D eigenvalue weighted by Gasteiger charge is -2.24. The molecule has 0 fully saturated rings. The Labute approximate surface area is 258 Å². The fraction of sp³-hybridized carbons (Fsp3) is 0.152. The van der Waals surface area contributed by atoms with Crippen LogP contribution in [0.3, 0.4) is 0 Å². The number of rotatable bonds is 2. The van der Waals surface area contributed by atoms with E-state index in [0.29, 0.717) is 11.4 Å². The standard InChI is InChI=1S/C33H16F10N4/c1-33(2)17-9-7-12(46-17)11-3-4-13(44-11)19(21-23(34)27(38)31(42)28(39)24(21)35)14-5-6-15(45-14)20(16-8-10-18(33)47-16)22-25(36)29(40)32(43)30(41)26(22)37/h3-10,22,32H,1-2H3/p+1. The van der Waals surface area contributed by atoms with Gasteiger partial charge in [-0.1, -0.05) is 0 Å². The van der Waals surface area contributed by atoms with Gasteiger partial charge in [0.2, 0.25) is 23.4 Å². The number of nitrogens with zero attached hydrogens (tertiary/aromatic N) is 3. The van der Waals surface area contributed by atoms with Gasteiger partial charge in [-0.3, -0.25) is 9.98 Å². The van der Waals surface area contributed by atoms with Crippen molar-refractivity contribution >= 4 is 28.4 Å². The van der Waals surface area contributed by atoms with Crippen molar-refractivity contribution in [3.8, 4) is 0 Å². The second kappa shape index (κ2) is 10.4. The van der Waals surface area contributed by atoms with Crippen LogP contribution in [0.4, 0.5) is 43.9 Å². The second-order valence-electron chi connectivity index (χ2n) is 11.5. The number of aliphatic imine (C=N–C) groups is 3. The van der Waals surface area contributed by atoms with E-state index in [0.717, 1.165) is 12.2 Å². The van der Waals surface area contributed by atoms with Gasteiger partial charge in [0.1, 0.15) is 17.6 Å². The van der Waals surface area contributed by atoms with Crippen molar-refractivity contribution in [3.63, 3.8) is 0 Å². The first-order chi connectivity index (χ1) is 22.2. The fourth-order valence-corrected chi connectivity index (χ4v) is 5.85. The highest BCUT2D eigenvalue weighted by molar-refractivity contribution is 6.32. The Morgan fingerprint density at radius 1 is 0.574 bits per heavy atom. The molecule has 0 amide bonds. The molecule has 0 saturated carbocycles. The Morgan fingerprint density at radius 3 is 1.70 bits per heavy atom. The van der Waals surface area contributed by atoms with Crippen molar-refractivity contribution in [1.29, 1.82) is 0 Å². The minimum absolute atomic E-state index is 0.168. The third-order valence-corrected chi connectivity index (χ3v) is 8.40. The number of benzene rings is 1. The zero-order valence-corrected chi connectivity index (χ0v) is 23.9. The smallest absolute Gasteiger partial charge is 0.214 e. The van der Waals surface area contributed by atoms with Gasteiger partial charge in [0.05, 0.1) is 50.9 Å². The molecule has 14 heteroatoms. The Bertz CT molecular complexity index is 2110. The van der Waals surface area contributed by atoms with Gasteiger partial charge >= 0.3 is 0 Å². The third kappa shape index (κ3) is 4.37. The van der Waals surface area contributed by atoms with E-state index in [1.165, 1.54) is 24.3 Å². The number of alkyl halides is 1. The molecular formula is C33H17F10N4+. The van der Waals surface area contributed by atoms with Gasteiger partial charge in [-0.15, -0.1) is 0 Å². The molecule has 4 nitrogen and oxygen atoms in total. The summed E-state index contributed by atoms with van der Waals surface area (Å²) in [6.45, 7) is 3.45. The number of hydrogen-bond acceptors (Lipinski definition) is 3. The largest absolute Gasteiger partial charge is 0.252 e. The van der Waals surface area contributed by atoms with Crippen LogP contribution in [0.1, 0.15) is 19.4 Å². The van der Waals surface area contributed by atoms with Gasteiger partial charge in [-0.05, 0) is 50.3 Å². The van der Waals surface area contributed by atoms with Crippen molar-refractivity contribution in [2.45, 2.75) is 20.0 Å². The van der Waals surface area contributed by atoms with E-state index in [-0.39, 0.29) is 34.2 Å². The average Bonchev–Trinajstić information content (AvgIpc) is 3.88. The van der Waals surface area contributed by atoms with Gasteiger partial charge in [0, 0.05) is 17.6 Å². The van der Waals surface area contributed by atoms with Crippen LogP contribution in [0.15, 0.2) is 115 Å². The van der Waals surface area contributed by atoms with Crippen LogP contribution >= 0.6 is 0 Å². The normalized spacial score (nSPS) is 24.5. The molecule has 0 saturated heterocycles. The highest BCUT2D eigenvalue weighted by atomic mass is 19.2. The molecule has 0 aromatic heterocycles. The van der Waals surface area contributed by atoms with Crippen LogP contribution < -0.4 is 4.99 Å². The summed E-state index contributed by atoms with van der Waals surface area (Å²) in [4.78, 5) is 16.1. The van der Waals surface area contributed by atoms with Crippen LogP contribution in [0.2, 0.25) is 0 Å². The number of hydrogen-bond donors (Lipinski definition) is 1. The molecule has 0 unspecified atom stereocenters. The summed E-state index contributed by atoms with van der Waals surface area (Å²) in [5.41, 5.74) is -3.67.